The number of methoxy groups -OCH3 is 2. The number of carbonyl (C=O) groups excluding carboxylic acids is 2. The fourth-order valence-electron chi connectivity index (χ4n) is 2.46. The molecule has 0 saturated heterocycles. The maximum absolute atomic E-state index is 12.3. The highest BCUT2D eigenvalue weighted by Gasteiger charge is 2.29. The van der Waals surface area contributed by atoms with E-state index in [1.165, 1.54) is 52.3 Å². The van der Waals surface area contributed by atoms with Gasteiger partial charge in [0, 0.05) is 25.7 Å². The van der Waals surface area contributed by atoms with Crippen LogP contribution in [0, 0.1) is 0 Å². The number of Topliss-reactive ketones (excluding diaryl/α,β-unsaturated/α-hetero) is 1. The van der Waals surface area contributed by atoms with E-state index in [0.29, 0.717) is 22.8 Å². The van der Waals surface area contributed by atoms with Crippen LogP contribution >= 0.6 is 0 Å². The van der Waals surface area contributed by atoms with Crippen LogP contribution in [0.2, 0.25) is 0 Å². The molecule has 0 spiro atoms. The van der Waals surface area contributed by atoms with Gasteiger partial charge in [0.2, 0.25) is 0 Å². The number of hydrogen-bond donors (Lipinski definition) is 0. The lowest BCUT2D eigenvalue weighted by Crippen LogP contribution is -2.41. The van der Waals surface area contributed by atoms with E-state index < -0.39 is 23.3 Å². The summed E-state index contributed by atoms with van der Waals surface area (Å²) in [5.74, 6) is 0.0605. The predicted octanol–water partition coefficient (Wildman–Crippen LogP) is 1.15. The summed E-state index contributed by atoms with van der Waals surface area (Å²) in [6, 6.07) is 6.65. The van der Waals surface area contributed by atoms with Crippen molar-refractivity contribution in [2.75, 3.05) is 28.3 Å². The number of ether oxygens (including phenoxy) is 2. The molecule has 26 heavy (non-hydrogen) atoms. The van der Waals surface area contributed by atoms with Crippen molar-refractivity contribution in [1.82, 2.24) is 14.7 Å². The third-order valence-electron chi connectivity index (χ3n) is 3.81. The van der Waals surface area contributed by atoms with E-state index in [9.17, 15) is 14.4 Å². The van der Waals surface area contributed by atoms with E-state index in [1.54, 1.807) is 18.2 Å². The molecule has 0 bridgehead atoms. The first-order chi connectivity index (χ1) is 12.3. The summed E-state index contributed by atoms with van der Waals surface area (Å²) in [6.45, 7) is 1.25. The Morgan fingerprint density at radius 1 is 1.08 bits per heavy atom. The Hall–Kier alpha value is -3.16. The second-order valence-corrected chi connectivity index (χ2v) is 5.82. The van der Waals surface area contributed by atoms with Crippen LogP contribution in [0.25, 0.3) is 11.3 Å². The summed E-state index contributed by atoms with van der Waals surface area (Å²) in [7, 11) is 6.07. The average Bonchev–Trinajstić information content (AvgIpc) is 2.62. The summed E-state index contributed by atoms with van der Waals surface area (Å²) in [5.41, 5.74) is 0.531. The molecule has 0 aliphatic heterocycles. The molecule has 0 saturated carbocycles. The second kappa shape index (κ2) is 7.81. The Morgan fingerprint density at radius 3 is 2.27 bits per heavy atom. The Morgan fingerprint density at radius 2 is 1.73 bits per heavy atom. The minimum atomic E-state index is -1.31. The first-order valence-corrected chi connectivity index (χ1v) is 7.84. The molecule has 8 heteroatoms. The van der Waals surface area contributed by atoms with Crippen LogP contribution in [0.5, 0.6) is 11.5 Å². The smallest absolute Gasteiger partial charge is 0.267 e. The van der Waals surface area contributed by atoms with Crippen molar-refractivity contribution >= 4 is 11.7 Å². The molecule has 1 aromatic carbocycles. The highest BCUT2D eigenvalue weighted by molar-refractivity contribution is 6.02. The molecule has 1 amide bonds. The largest absolute Gasteiger partial charge is 0.493 e. The Labute approximate surface area is 150 Å². The second-order valence-electron chi connectivity index (χ2n) is 5.82. The fraction of sp³-hybridized carbons (Fsp3) is 0.333. The van der Waals surface area contributed by atoms with E-state index in [4.69, 9.17) is 9.47 Å². The first-order valence-electron chi connectivity index (χ1n) is 7.84. The molecular weight excluding hydrogens is 338 g/mol. The lowest BCUT2D eigenvalue weighted by molar-refractivity contribution is -0.138. The van der Waals surface area contributed by atoms with Gasteiger partial charge in [-0.05, 0) is 31.2 Å². The lowest BCUT2D eigenvalue weighted by atomic mass is 10.1. The molecule has 0 aliphatic rings. The van der Waals surface area contributed by atoms with E-state index >= 15 is 0 Å². The Bertz CT molecular complexity index is 889. The van der Waals surface area contributed by atoms with Crippen molar-refractivity contribution in [3.05, 3.63) is 40.7 Å². The van der Waals surface area contributed by atoms with Crippen molar-refractivity contribution in [2.24, 2.45) is 0 Å². The highest BCUT2D eigenvalue weighted by atomic mass is 16.5. The van der Waals surface area contributed by atoms with Gasteiger partial charge in [-0.25, -0.2) is 4.68 Å². The van der Waals surface area contributed by atoms with Crippen molar-refractivity contribution in [3.63, 3.8) is 0 Å². The SMILES string of the molecule is COc1ccc(-c2ccc(=O)n(C(C(C)=O)C(=O)N(C)C)n2)cc1OC. The number of carbonyl (C=O) groups is 2. The van der Waals surface area contributed by atoms with Gasteiger partial charge in [0.1, 0.15) is 0 Å². The third-order valence-corrected chi connectivity index (χ3v) is 3.81. The number of rotatable bonds is 6. The van der Waals surface area contributed by atoms with Crippen molar-refractivity contribution < 1.29 is 19.1 Å². The maximum atomic E-state index is 12.3. The zero-order chi connectivity index (χ0) is 19.4. The molecule has 2 aromatic rings. The van der Waals surface area contributed by atoms with E-state index in [2.05, 4.69) is 5.10 Å². The van der Waals surface area contributed by atoms with Gasteiger partial charge in [0.15, 0.2) is 23.3 Å². The average molecular weight is 359 g/mol. The summed E-state index contributed by atoms with van der Waals surface area (Å²) in [6.07, 6.45) is 0. The molecule has 8 nitrogen and oxygen atoms in total. The molecule has 1 unspecified atom stereocenters. The number of ketones is 1. The van der Waals surface area contributed by atoms with Crippen molar-refractivity contribution in [3.8, 4) is 22.8 Å². The zero-order valence-corrected chi connectivity index (χ0v) is 15.3. The number of amides is 1. The normalized spacial score (nSPS) is 11.6. The molecule has 1 aromatic heterocycles. The van der Waals surface area contributed by atoms with Crippen LogP contribution < -0.4 is 15.0 Å². The van der Waals surface area contributed by atoms with Gasteiger partial charge in [-0.15, -0.1) is 0 Å². The number of aromatic nitrogens is 2. The molecule has 0 radical (unpaired) electrons. The van der Waals surface area contributed by atoms with Crippen LogP contribution in [-0.4, -0.2) is 54.7 Å². The third kappa shape index (κ3) is 3.74. The topological polar surface area (TPSA) is 90.7 Å². The van der Waals surface area contributed by atoms with Gasteiger partial charge < -0.3 is 14.4 Å². The summed E-state index contributed by atoms with van der Waals surface area (Å²) >= 11 is 0. The van der Waals surface area contributed by atoms with Gasteiger partial charge in [-0.1, -0.05) is 0 Å². The van der Waals surface area contributed by atoms with E-state index in [0.717, 1.165) is 4.68 Å². The van der Waals surface area contributed by atoms with Crippen LogP contribution in [0.4, 0.5) is 0 Å². The summed E-state index contributed by atoms with van der Waals surface area (Å²) in [4.78, 5) is 37.8. The molecule has 138 valence electrons. The molecule has 0 N–H and O–H groups in total. The number of benzene rings is 1. The van der Waals surface area contributed by atoms with Crippen molar-refractivity contribution in [1.29, 1.82) is 0 Å². The maximum Gasteiger partial charge on any atom is 0.267 e. The standard InChI is InChI=1S/C18H21N3O5/c1-11(22)17(18(24)20(2)3)21-16(23)9-7-13(19-21)12-6-8-14(25-4)15(10-12)26-5/h6-10,17H,1-5H3. The Balaban J connectivity index is 2.58. The summed E-state index contributed by atoms with van der Waals surface area (Å²) in [5, 5.41) is 4.24. The van der Waals surface area contributed by atoms with Gasteiger partial charge in [-0.3, -0.25) is 14.4 Å². The minimum absolute atomic E-state index is 0.420. The van der Waals surface area contributed by atoms with Crippen LogP contribution in [-0.2, 0) is 9.59 Å². The lowest BCUT2D eigenvalue weighted by Gasteiger charge is -2.20. The van der Waals surface area contributed by atoms with Crippen LogP contribution in [0.3, 0.4) is 0 Å². The zero-order valence-electron chi connectivity index (χ0n) is 15.3. The number of hydrogen-bond acceptors (Lipinski definition) is 6. The van der Waals surface area contributed by atoms with E-state index in [-0.39, 0.29) is 0 Å². The monoisotopic (exact) mass is 359 g/mol. The van der Waals surface area contributed by atoms with Gasteiger partial charge in [-0.2, -0.15) is 5.10 Å². The minimum Gasteiger partial charge on any atom is -0.493 e. The van der Waals surface area contributed by atoms with Crippen molar-refractivity contribution in [2.45, 2.75) is 13.0 Å². The van der Waals surface area contributed by atoms with Gasteiger partial charge >= 0.3 is 0 Å². The number of nitrogens with zero attached hydrogens (tertiary/aromatic N) is 3. The predicted molar refractivity (Wildman–Crippen MR) is 95.4 cm³/mol. The molecule has 2 rings (SSSR count). The van der Waals surface area contributed by atoms with Crippen LogP contribution in [0.1, 0.15) is 13.0 Å². The van der Waals surface area contributed by atoms with E-state index in [1.807, 2.05) is 0 Å². The highest BCUT2D eigenvalue weighted by Crippen LogP contribution is 2.31. The van der Waals surface area contributed by atoms with Gasteiger partial charge in [0.25, 0.3) is 11.5 Å². The molecule has 1 atom stereocenters. The molecule has 1 heterocycles. The Kier molecular flexibility index (Phi) is 5.76. The first kappa shape index (κ1) is 19.2. The van der Waals surface area contributed by atoms with Gasteiger partial charge in [0.05, 0.1) is 19.9 Å². The van der Waals surface area contributed by atoms with Crippen LogP contribution in [0.15, 0.2) is 35.1 Å². The molecule has 0 aliphatic carbocycles. The molecular formula is C18H21N3O5. The summed E-state index contributed by atoms with van der Waals surface area (Å²) < 4.78 is 11.4. The number of likely N-dealkylation sites (N-methyl/N-ethyl adjacent to an activating group) is 1. The quantitative estimate of drug-likeness (QED) is 0.719. The fourth-order valence-corrected chi connectivity index (χ4v) is 2.46. The molecule has 0 fully saturated rings.